The number of hydrogen-bond acceptors (Lipinski definition) is 3. The molecule has 2 rings (SSSR count). The van der Waals surface area contributed by atoms with Crippen LogP contribution < -0.4 is 11.1 Å². The molecule has 0 aliphatic heterocycles. The first-order valence-electron chi connectivity index (χ1n) is 6.04. The second kappa shape index (κ2) is 5.99. The smallest absolute Gasteiger partial charge is 0.336 e. The van der Waals surface area contributed by atoms with Gasteiger partial charge in [0, 0.05) is 12.2 Å². The number of carboxylic acids is 1. The lowest BCUT2D eigenvalue weighted by molar-refractivity contribution is 0.0692. The maximum absolute atomic E-state index is 12.1. The van der Waals surface area contributed by atoms with E-state index in [1.54, 1.807) is 30.3 Å². The fraction of sp³-hybridized carbons (Fsp3) is 0.0667. The van der Waals surface area contributed by atoms with Crippen LogP contribution in [-0.2, 0) is 6.54 Å². The highest BCUT2D eigenvalue weighted by molar-refractivity contribution is 6.10. The zero-order chi connectivity index (χ0) is 14.5. The average Bonchev–Trinajstić information content (AvgIpc) is 2.47. The maximum atomic E-state index is 12.1. The Morgan fingerprint density at radius 2 is 1.75 bits per heavy atom. The Labute approximate surface area is 116 Å². The lowest BCUT2D eigenvalue weighted by atomic mass is 10.1. The van der Waals surface area contributed by atoms with Gasteiger partial charge in [-0.05, 0) is 29.8 Å². The van der Waals surface area contributed by atoms with Gasteiger partial charge in [0.25, 0.3) is 5.91 Å². The molecule has 0 aromatic heterocycles. The molecule has 0 aliphatic carbocycles. The van der Waals surface area contributed by atoms with E-state index in [1.165, 1.54) is 12.1 Å². The monoisotopic (exact) mass is 270 g/mol. The van der Waals surface area contributed by atoms with Crippen LogP contribution in [0.4, 0.5) is 5.69 Å². The summed E-state index contributed by atoms with van der Waals surface area (Å²) in [5.74, 6) is -1.59. The van der Waals surface area contributed by atoms with Crippen molar-refractivity contribution in [3.05, 3.63) is 65.2 Å². The minimum absolute atomic E-state index is 0.0278. The summed E-state index contributed by atoms with van der Waals surface area (Å²) in [6.07, 6.45) is 0. The average molecular weight is 270 g/mol. The zero-order valence-corrected chi connectivity index (χ0v) is 10.7. The standard InChI is InChI=1S/C15H14N2O3/c16-9-10-4-3-5-11(8-10)17-14(18)12-6-1-2-7-13(12)15(19)20/h1-8H,9,16H2,(H,17,18)(H,19,20). The number of rotatable bonds is 4. The number of carbonyl (C=O) groups is 2. The maximum Gasteiger partial charge on any atom is 0.336 e. The van der Waals surface area contributed by atoms with E-state index >= 15 is 0 Å². The molecule has 20 heavy (non-hydrogen) atoms. The van der Waals surface area contributed by atoms with Crippen LogP contribution in [0.25, 0.3) is 0 Å². The molecule has 0 unspecified atom stereocenters. The number of aromatic carboxylic acids is 1. The highest BCUT2D eigenvalue weighted by atomic mass is 16.4. The first-order chi connectivity index (χ1) is 9.61. The Kier molecular flexibility index (Phi) is 4.12. The minimum atomic E-state index is -1.13. The number of benzene rings is 2. The molecule has 0 atom stereocenters. The van der Waals surface area contributed by atoms with Crippen LogP contribution in [0.2, 0.25) is 0 Å². The molecule has 0 radical (unpaired) electrons. The zero-order valence-electron chi connectivity index (χ0n) is 10.7. The highest BCUT2D eigenvalue weighted by Gasteiger charge is 2.15. The Bertz CT molecular complexity index is 653. The number of carboxylic acid groups (broad SMARTS) is 1. The summed E-state index contributed by atoms with van der Waals surface area (Å²) in [4.78, 5) is 23.2. The summed E-state index contributed by atoms with van der Waals surface area (Å²) in [6, 6.07) is 13.2. The Balaban J connectivity index is 2.26. The van der Waals surface area contributed by atoms with Crippen LogP contribution in [0.1, 0.15) is 26.3 Å². The van der Waals surface area contributed by atoms with Crippen molar-refractivity contribution in [2.24, 2.45) is 5.73 Å². The highest BCUT2D eigenvalue weighted by Crippen LogP contribution is 2.14. The quantitative estimate of drug-likeness (QED) is 0.793. The lowest BCUT2D eigenvalue weighted by Gasteiger charge is -2.08. The Morgan fingerprint density at radius 1 is 1.05 bits per heavy atom. The molecule has 0 spiro atoms. The molecule has 2 aromatic carbocycles. The number of carbonyl (C=O) groups excluding carboxylic acids is 1. The van der Waals surface area contributed by atoms with E-state index in [-0.39, 0.29) is 11.1 Å². The largest absolute Gasteiger partial charge is 0.478 e. The molecule has 102 valence electrons. The van der Waals surface area contributed by atoms with Gasteiger partial charge in [0.2, 0.25) is 0 Å². The van der Waals surface area contributed by atoms with E-state index in [2.05, 4.69) is 5.32 Å². The fourth-order valence-corrected chi connectivity index (χ4v) is 1.84. The van der Waals surface area contributed by atoms with E-state index < -0.39 is 11.9 Å². The van der Waals surface area contributed by atoms with Crippen LogP contribution in [0, 0.1) is 0 Å². The van der Waals surface area contributed by atoms with Crippen LogP contribution in [0.3, 0.4) is 0 Å². The minimum Gasteiger partial charge on any atom is -0.478 e. The Hall–Kier alpha value is -2.66. The van der Waals surface area contributed by atoms with Gasteiger partial charge in [-0.2, -0.15) is 0 Å². The van der Waals surface area contributed by atoms with Crippen molar-refractivity contribution in [2.75, 3.05) is 5.32 Å². The summed E-state index contributed by atoms with van der Waals surface area (Å²) >= 11 is 0. The first kappa shape index (κ1) is 13.8. The van der Waals surface area contributed by atoms with Crippen molar-refractivity contribution < 1.29 is 14.7 Å². The van der Waals surface area contributed by atoms with E-state index in [0.717, 1.165) is 5.56 Å². The van der Waals surface area contributed by atoms with Gasteiger partial charge in [-0.1, -0.05) is 24.3 Å². The van der Waals surface area contributed by atoms with Crippen molar-refractivity contribution in [3.8, 4) is 0 Å². The number of amides is 1. The van der Waals surface area contributed by atoms with Crippen molar-refractivity contribution in [2.45, 2.75) is 6.54 Å². The van der Waals surface area contributed by atoms with Gasteiger partial charge >= 0.3 is 5.97 Å². The molecule has 0 saturated heterocycles. The van der Waals surface area contributed by atoms with Gasteiger partial charge in [0.15, 0.2) is 0 Å². The summed E-state index contributed by atoms with van der Waals surface area (Å²) in [6.45, 7) is 0.370. The number of nitrogens with two attached hydrogens (primary N) is 1. The van der Waals surface area contributed by atoms with Crippen LogP contribution in [0.15, 0.2) is 48.5 Å². The number of anilines is 1. The third-order valence-electron chi connectivity index (χ3n) is 2.82. The van der Waals surface area contributed by atoms with Crippen molar-refractivity contribution >= 4 is 17.6 Å². The second-order valence-electron chi connectivity index (χ2n) is 4.21. The molecule has 5 heteroatoms. The van der Waals surface area contributed by atoms with Crippen LogP contribution >= 0.6 is 0 Å². The summed E-state index contributed by atoms with van der Waals surface area (Å²) < 4.78 is 0. The van der Waals surface area contributed by atoms with Crippen molar-refractivity contribution in [1.82, 2.24) is 0 Å². The van der Waals surface area contributed by atoms with Gasteiger partial charge in [-0.15, -0.1) is 0 Å². The molecule has 0 aliphatic rings. The predicted molar refractivity (Wildman–Crippen MR) is 75.7 cm³/mol. The molecular weight excluding hydrogens is 256 g/mol. The second-order valence-corrected chi connectivity index (χ2v) is 4.21. The van der Waals surface area contributed by atoms with Gasteiger partial charge in [-0.3, -0.25) is 4.79 Å². The first-order valence-corrected chi connectivity index (χ1v) is 6.04. The van der Waals surface area contributed by atoms with E-state index in [1.807, 2.05) is 6.07 Å². The fourth-order valence-electron chi connectivity index (χ4n) is 1.84. The molecule has 0 saturated carbocycles. The van der Waals surface area contributed by atoms with Crippen LogP contribution in [0.5, 0.6) is 0 Å². The molecule has 4 N–H and O–H groups in total. The molecule has 1 amide bonds. The summed E-state index contributed by atoms with van der Waals surface area (Å²) in [7, 11) is 0. The summed E-state index contributed by atoms with van der Waals surface area (Å²) in [5, 5.41) is 11.7. The van der Waals surface area contributed by atoms with Gasteiger partial charge in [0.05, 0.1) is 11.1 Å². The molecule has 0 fully saturated rings. The van der Waals surface area contributed by atoms with E-state index in [0.29, 0.717) is 12.2 Å². The van der Waals surface area contributed by atoms with Crippen molar-refractivity contribution in [1.29, 1.82) is 0 Å². The predicted octanol–water partition coefficient (Wildman–Crippen LogP) is 2.10. The van der Waals surface area contributed by atoms with Crippen molar-refractivity contribution in [3.63, 3.8) is 0 Å². The van der Waals surface area contributed by atoms with E-state index in [4.69, 9.17) is 10.8 Å². The summed E-state index contributed by atoms with van der Waals surface area (Å²) in [5.41, 5.74) is 7.09. The molecule has 0 bridgehead atoms. The normalized spacial score (nSPS) is 10.1. The van der Waals surface area contributed by atoms with Gasteiger partial charge in [-0.25, -0.2) is 4.79 Å². The lowest BCUT2D eigenvalue weighted by Crippen LogP contribution is -2.16. The van der Waals surface area contributed by atoms with Gasteiger partial charge < -0.3 is 16.2 Å². The Morgan fingerprint density at radius 3 is 2.40 bits per heavy atom. The topological polar surface area (TPSA) is 92.4 Å². The third-order valence-corrected chi connectivity index (χ3v) is 2.82. The third kappa shape index (κ3) is 3.02. The van der Waals surface area contributed by atoms with Crippen LogP contribution in [-0.4, -0.2) is 17.0 Å². The molecule has 2 aromatic rings. The van der Waals surface area contributed by atoms with E-state index in [9.17, 15) is 9.59 Å². The molecule has 5 nitrogen and oxygen atoms in total. The van der Waals surface area contributed by atoms with Gasteiger partial charge in [0.1, 0.15) is 0 Å². The molecular formula is C15H14N2O3. The number of hydrogen-bond donors (Lipinski definition) is 3. The molecule has 0 heterocycles. The SMILES string of the molecule is NCc1cccc(NC(=O)c2ccccc2C(=O)O)c1. The number of nitrogens with one attached hydrogen (secondary N) is 1.